The van der Waals surface area contributed by atoms with Crippen molar-refractivity contribution in [2.75, 3.05) is 32.7 Å². The third-order valence-electron chi connectivity index (χ3n) is 3.36. The molecule has 116 valence electrons. The van der Waals surface area contributed by atoms with Gasteiger partial charge in [0.1, 0.15) is 0 Å². The van der Waals surface area contributed by atoms with Crippen LogP contribution in [0.2, 0.25) is 0 Å². The fourth-order valence-corrected chi connectivity index (χ4v) is 2.21. The molecule has 2 amide bonds. The highest BCUT2D eigenvalue weighted by molar-refractivity contribution is 5.94. The molecular formula is C15H22ClN3O2. The van der Waals surface area contributed by atoms with Crippen LogP contribution < -0.4 is 10.6 Å². The molecule has 1 heterocycles. The Kier molecular flexibility index (Phi) is 7.79. The minimum Gasteiger partial charge on any atom is -0.352 e. The summed E-state index contributed by atoms with van der Waals surface area (Å²) >= 11 is 0. The maximum atomic E-state index is 11.9. The van der Waals surface area contributed by atoms with Gasteiger partial charge in [-0.15, -0.1) is 12.4 Å². The Labute approximate surface area is 131 Å². The number of nitrogens with one attached hydrogen (secondary N) is 2. The molecule has 0 aromatic heterocycles. The molecule has 0 aliphatic carbocycles. The van der Waals surface area contributed by atoms with Gasteiger partial charge in [-0.25, -0.2) is 0 Å². The van der Waals surface area contributed by atoms with Crippen molar-refractivity contribution in [1.29, 1.82) is 0 Å². The van der Waals surface area contributed by atoms with Gasteiger partial charge in [0.15, 0.2) is 0 Å². The second-order valence-electron chi connectivity index (χ2n) is 4.86. The van der Waals surface area contributed by atoms with Crippen molar-refractivity contribution < 1.29 is 9.59 Å². The van der Waals surface area contributed by atoms with Gasteiger partial charge in [0.05, 0.1) is 0 Å². The summed E-state index contributed by atoms with van der Waals surface area (Å²) in [5, 5.41) is 6.05. The average Bonchev–Trinajstić information content (AvgIpc) is 2.53. The third-order valence-corrected chi connectivity index (χ3v) is 3.36. The van der Waals surface area contributed by atoms with Crippen molar-refractivity contribution in [1.82, 2.24) is 15.5 Å². The summed E-state index contributed by atoms with van der Waals surface area (Å²) in [7, 11) is 0. The predicted molar refractivity (Wildman–Crippen MR) is 84.7 cm³/mol. The molecule has 1 aliphatic rings. The van der Waals surface area contributed by atoms with Crippen LogP contribution in [0.25, 0.3) is 0 Å². The Morgan fingerprint density at radius 3 is 2.48 bits per heavy atom. The van der Waals surface area contributed by atoms with Gasteiger partial charge in [-0.05, 0) is 18.6 Å². The Balaban J connectivity index is 0.00000220. The van der Waals surface area contributed by atoms with Crippen LogP contribution >= 0.6 is 12.4 Å². The Bertz CT molecular complexity index is 447. The third kappa shape index (κ3) is 5.73. The number of rotatable bonds is 5. The number of carbonyl (C=O) groups excluding carboxylic acids is 2. The van der Waals surface area contributed by atoms with Gasteiger partial charge < -0.3 is 15.5 Å². The van der Waals surface area contributed by atoms with Crippen molar-refractivity contribution >= 4 is 24.2 Å². The predicted octanol–water partition coefficient (Wildman–Crippen LogP) is 1.05. The van der Waals surface area contributed by atoms with Crippen LogP contribution in [-0.4, -0.2) is 49.4 Å². The Hall–Kier alpha value is -1.59. The lowest BCUT2D eigenvalue weighted by molar-refractivity contribution is -0.131. The molecule has 0 bridgehead atoms. The fraction of sp³-hybridized carbons (Fsp3) is 0.467. The topological polar surface area (TPSA) is 61.4 Å². The van der Waals surface area contributed by atoms with Gasteiger partial charge in [0.25, 0.3) is 5.91 Å². The quantitative estimate of drug-likeness (QED) is 0.799. The molecule has 2 rings (SSSR count). The monoisotopic (exact) mass is 311 g/mol. The zero-order valence-electron chi connectivity index (χ0n) is 12.0. The maximum absolute atomic E-state index is 11.9. The van der Waals surface area contributed by atoms with E-state index in [2.05, 4.69) is 10.6 Å². The van der Waals surface area contributed by atoms with E-state index in [9.17, 15) is 9.59 Å². The summed E-state index contributed by atoms with van der Waals surface area (Å²) in [6, 6.07) is 9.11. The van der Waals surface area contributed by atoms with Crippen LogP contribution in [0.4, 0.5) is 0 Å². The zero-order valence-corrected chi connectivity index (χ0v) is 12.8. The van der Waals surface area contributed by atoms with Crippen LogP contribution in [0.3, 0.4) is 0 Å². The largest absolute Gasteiger partial charge is 0.352 e. The zero-order chi connectivity index (χ0) is 14.2. The number of hydrogen-bond acceptors (Lipinski definition) is 3. The van der Waals surface area contributed by atoms with Crippen LogP contribution in [0, 0.1) is 0 Å². The molecule has 1 aromatic rings. The Morgan fingerprint density at radius 1 is 1.14 bits per heavy atom. The van der Waals surface area contributed by atoms with Gasteiger partial charge in [0.2, 0.25) is 5.91 Å². The van der Waals surface area contributed by atoms with E-state index in [0.717, 1.165) is 26.2 Å². The SMILES string of the molecule is Cl.O=C(NCCCC(=O)N1CCNCC1)c1ccccc1. The molecule has 0 unspecified atom stereocenters. The van der Waals surface area contributed by atoms with E-state index in [1.807, 2.05) is 23.1 Å². The first-order valence-corrected chi connectivity index (χ1v) is 7.09. The molecule has 0 atom stereocenters. The standard InChI is InChI=1S/C15H21N3O2.ClH/c19-14(18-11-9-16-10-12-18)7-4-8-17-15(20)13-5-2-1-3-6-13;/h1-3,5-6,16H,4,7-12H2,(H,17,20);1H. The minimum atomic E-state index is -0.0831. The van der Waals surface area contributed by atoms with Gasteiger partial charge in [0, 0.05) is 44.7 Å². The lowest BCUT2D eigenvalue weighted by Crippen LogP contribution is -2.46. The summed E-state index contributed by atoms with van der Waals surface area (Å²) < 4.78 is 0. The lowest BCUT2D eigenvalue weighted by atomic mass is 10.2. The average molecular weight is 312 g/mol. The van der Waals surface area contributed by atoms with Crippen molar-refractivity contribution in [3.8, 4) is 0 Å². The normalized spacial score (nSPS) is 14.2. The first-order valence-electron chi connectivity index (χ1n) is 7.09. The molecule has 0 saturated carbocycles. The van der Waals surface area contributed by atoms with Crippen LogP contribution in [0.5, 0.6) is 0 Å². The number of amides is 2. The summed E-state index contributed by atoms with van der Waals surface area (Å²) in [6.45, 7) is 3.85. The number of carbonyl (C=O) groups is 2. The summed E-state index contributed by atoms with van der Waals surface area (Å²) in [5.41, 5.74) is 0.654. The van der Waals surface area contributed by atoms with Crippen LogP contribution in [-0.2, 0) is 4.79 Å². The van der Waals surface area contributed by atoms with E-state index in [4.69, 9.17) is 0 Å². The molecule has 1 aliphatic heterocycles. The molecule has 1 fully saturated rings. The number of piperazine rings is 1. The maximum Gasteiger partial charge on any atom is 0.251 e. The molecule has 0 radical (unpaired) electrons. The second kappa shape index (κ2) is 9.37. The molecule has 1 saturated heterocycles. The summed E-state index contributed by atoms with van der Waals surface area (Å²) in [5.74, 6) is 0.0979. The van der Waals surface area contributed by atoms with Gasteiger partial charge in [-0.1, -0.05) is 18.2 Å². The van der Waals surface area contributed by atoms with E-state index >= 15 is 0 Å². The van der Waals surface area contributed by atoms with E-state index in [1.54, 1.807) is 12.1 Å². The van der Waals surface area contributed by atoms with Gasteiger partial charge in [-0.3, -0.25) is 9.59 Å². The smallest absolute Gasteiger partial charge is 0.251 e. The summed E-state index contributed by atoms with van der Waals surface area (Å²) in [6.07, 6.45) is 1.18. The van der Waals surface area contributed by atoms with Crippen molar-refractivity contribution in [3.05, 3.63) is 35.9 Å². The first-order chi connectivity index (χ1) is 9.77. The molecule has 5 nitrogen and oxygen atoms in total. The number of benzene rings is 1. The van der Waals surface area contributed by atoms with E-state index < -0.39 is 0 Å². The molecule has 0 spiro atoms. The fourth-order valence-electron chi connectivity index (χ4n) is 2.21. The highest BCUT2D eigenvalue weighted by Gasteiger charge is 2.15. The van der Waals surface area contributed by atoms with E-state index in [-0.39, 0.29) is 24.2 Å². The second-order valence-corrected chi connectivity index (χ2v) is 4.86. The number of halogens is 1. The van der Waals surface area contributed by atoms with Crippen LogP contribution in [0.1, 0.15) is 23.2 Å². The van der Waals surface area contributed by atoms with Crippen molar-refractivity contribution in [2.45, 2.75) is 12.8 Å². The molecular weight excluding hydrogens is 290 g/mol. The van der Waals surface area contributed by atoms with Crippen LogP contribution in [0.15, 0.2) is 30.3 Å². The molecule has 2 N–H and O–H groups in total. The minimum absolute atomic E-state index is 0. The first kappa shape index (κ1) is 17.5. The summed E-state index contributed by atoms with van der Waals surface area (Å²) in [4.78, 5) is 25.6. The lowest BCUT2D eigenvalue weighted by Gasteiger charge is -2.27. The highest BCUT2D eigenvalue weighted by atomic mass is 35.5. The Morgan fingerprint density at radius 2 is 1.81 bits per heavy atom. The van der Waals surface area contributed by atoms with Crippen molar-refractivity contribution in [2.24, 2.45) is 0 Å². The van der Waals surface area contributed by atoms with Gasteiger partial charge in [-0.2, -0.15) is 0 Å². The molecule has 21 heavy (non-hydrogen) atoms. The highest BCUT2D eigenvalue weighted by Crippen LogP contribution is 2.01. The van der Waals surface area contributed by atoms with Crippen molar-refractivity contribution in [3.63, 3.8) is 0 Å². The molecule has 6 heteroatoms. The van der Waals surface area contributed by atoms with E-state index in [0.29, 0.717) is 24.9 Å². The number of hydrogen-bond donors (Lipinski definition) is 2. The molecule has 1 aromatic carbocycles. The number of nitrogens with zero attached hydrogens (tertiary/aromatic N) is 1. The van der Waals surface area contributed by atoms with Gasteiger partial charge >= 0.3 is 0 Å². The van der Waals surface area contributed by atoms with E-state index in [1.165, 1.54) is 0 Å².